The number of nitrogens with zero attached hydrogens (tertiary/aromatic N) is 1. The van der Waals surface area contributed by atoms with Crippen LogP contribution < -0.4 is 5.32 Å². The minimum absolute atomic E-state index is 0.206. The smallest absolute Gasteiger partial charge is 0.255 e. The van der Waals surface area contributed by atoms with Gasteiger partial charge >= 0.3 is 0 Å². The van der Waals surface area contributed by atoms with Crippen LogP contribution in [-0.4, -0.2) is 10.9 Å². The highest BCUT2D eigenvalue weighted by Gasteiger charge is 2.12. The number of carbonyl (C=O) groups excluding carboxylic acids is 1. The average Bonchev–Trinajstić information content (AvgIpc) is 3.19. The number of halogens is 1. The van der Waals surface area contributed by atoms with Gasteiger partial charge in [-0.1, -0.05) is 48.0 Å². The molecule has 1 N–H and O–H groups in total. The van der Waals surface area contributed by atoms with Crippen molar-refractivity contribution in [3.63, 3.8) is 0 Å². The van der Waals surface area contributed by atoms with Crippen molar-refractivity contribution in [1.82, 2.24) is 4.98 Å². The van der Waals surface area contributed by atoms with Crippen molar-refractivity contribution in [1.29, 1.82) is 0 Å². The van der Waals surface area contributed by atoms with Gasteiger partial charge in [-0.05, 0) is 53.9 Å². The summed E-state index contributed by atoms with van der Waals surface area (Å²) < 4.78 is 5.98. The number of oxazole rings is 1. The summed E-state index contributed by atoms with van der Waals surface area (Å²) in [6, 6.07) is 26.2. The first-order valence-electron chi connectivity index (χ1n) is 9.13. The summed E-state index contributed by atoms with van der Waals surface area (Å²) in [6.45, 7) is 0. The van der Waals surface area contributed by atoms with E-state index in [1.807, 2.05) is 54.6 Å². The van der Waals surface area contributed by atoms with E-state index in [1.165, 1.54) is 0 Å². The largest absolute Gasteiger partial charge is 0.436 e. The predicted octanol–water partition coefficient (Wildman–Crippen LogP) is 6.55. The predicted molar refractivity (Wildman–Crippen MR) is 116 cm³/mol. The summed E-state index contributed by atoms with van der Waals surface area (Å²) in [5.74, 6) is 0.307. The van der Waals surface area contributed by atoms with Gasteiger partial charge in [0.2, 0.25) is 5.89 Å². The lowest BCUT2D eigenvalue weighted by molar-refractivity contribution is 0.102. The Morgan fingerprint density at radius 1 is 0.897 bits per heavy atom. The summed E-state index contributed by atoms with van der Waals surface area (Å²) in [5.41, 5.74) is 3.55. The average molecular weight is 399 g/mol. The Morgan fingerprint density at radius 3 is 2.59 bits per heavy atom. The van der Waals surface area contributed by atoms with E-state index in [-0.39, 0.29) is 5.91 Å². The van der Waals surface area contributed by atoms with Crippen LogP contribution in [0.3, 0.4) is 0 Å². The molecule has 0 bridgehead atoms. The minimum atomic E-state index is -0.206. The number of hydrogen-bond acceptors (Lipinski definition) is 3. The standard InChI is InChI=1S/C24H15ClN2O2/c25-18-11-8-16(9-12-18)23(28)26-19-6-3-5-17(14-19)24-27-22-20-7-2-1-4-15(20)10-13-21(22)29-24/h1-14H,(H,26,28). The number of amides is 1. The normalized spacial score (nSPS) is 11.1. The van der Waals surface area contributed by atoms with Gasteiger partial charge in [0.15, 0.2) is 5.58 Å². The third kappa shape index (κ3) is 3.35. The van der Waals surface area contributed by atoms with E-state index >= 15 is 0 Å². The van der Waals surface area contributed by atoms with Gasteiger partial charge in [0, 0.05) is 27.2 Å². The van der Waals surface area contributed by atoms with E-state index in [2.05, 4.69) is 11.4 Å². The fraction of sp³-hybridized carbons (Fsp3) is 0. The molecule has 0 aliphatic rings. The molecule has 1 heterocycles. The van der Waals surface area contributed by atoms with Crippen LogP contribution in [0.15, 0.2) is 89.3 Å². The van der Waals surface area contributed by atoms with Crippen LogP contribution in [0.4, 0.5) is 5.69 Å². The summed E-state index contributed by atoms with van der Waals surface area (Å²) >= 11 is 5.89. The molecule has 0 unspecified atom stereocenters. The first-order chi connectivity index (χ1) is 14.2. The molecule has 0 saturated carbocycles. The van der Waals surface area contributed by atoms with Crippen LogP contribution in [-0.2, 0) is 0 Å². The molecule has 0 atom stereocenters. The van der Waals surface area contributed by atoms with Crippen molar-refractivity contribution in [2.24, 2.45) is 0 Å². The first kappa shape index (κ1) is 17.5. The molecule has 1 amide bonds. The van der Waals surface area contributed by atoms with Crippen molar-refractivity contribution in [3.8, 4) is 11.5 Å². The molecule has 5 heteroatoms. The molecule has 29 heavy (non-hydrogen) atoms. The summed E-state index contributed by atoms with van der Waals surface area (Å²) in [6.07, 6.45) is 0. The van der Waals surface area contributed by atoms with Gasteiger partial charge in [-0.3, -0.25) is 4.79 Å². The molecule has 5 aromatic rings. The van der Waals surface area contributed by atoms with Crippen LogP contribution in [0.2, 0.25) is 5.02 Å². The zero-order chi connectivity index (χ0) is 19.8. The van der Waals surface area contributed by atoms with Gasteiger partial charge < -0.3 is 9.73 Å². The maximum absolute atomic E-state index is 12.5. The summed E-state index contributed by atoms with van der Waals surface area (Å²) in [7, 11) is 0. The Labute approximate surface area is 171 Å². The number of rotatable bonds is 3. The van der Waals surface area contributed by atoms with Crippen LogP contribution in [0.5, 0.6) is 0 Å². The maximum atomic E-state index is 12.5. The van der Waals surface area contributed by atoms with Crippen LogP contribution >= 0.6 is 11.6 Å². The minimum Gasteiger partial charge on any atom is -0.436 e. The third-order valence-electron chi connectivity index (χ3n) is 4.76. The van der Waals surface area contributed by atoms with Crippen molar-refractivity contribution in [3.05, 3.63) is 95.5 Å². The lowest BCUT2D eigenvalue weighted by Crippen LogP contribution is -2.11. The molecule has 0 saturated heterocycles. The highest BCUT2D eigenvalue weighted by atomic mass is 35.5. The number of aromatic nitrogens is 1. The van der Waals surface area contributed by atoms with E-state index < -0.39 is 0 Å². The second-order valence-corrected chi connectivity index (χ2v) is 7.13. The Bertz CT molecular complexity index is 1360. The SMILES string of the molecule is O=C(Nc1cccc(-c2nc3c(ccc4ccccc43)o2)c1)c1ccc(Cl)cc1. The molecular weight excluding hydrogens is 384 g/mol. The highest BCUT2D eigenvalue weighted by Crippen LogP contribution is 2.30. The van der Waals surface area contributed by atoms with Crippen molar-refractivity contribution < 1.29 is 9.21 Å². The first-order valence-corrected chi connectivity index (χ1v) is 9.51. The van der Waals surface area contributed by atoms with E-state index in [1.54, 1.807) is 24.3 Å². The van der Waals surface area contributed by atoms with Gasteiger partial charge in [-0.2, -0.15) is 0 Å². The Hall–Kier alpha value is -3.63. The molecule has 0 fully saturated rings. The molecule has 0 radical (unpaired) electrons. The van der Waals surface area contributed by atoms with Gasteiger partial charge in [0.05, 0.1) is 0 Å². The number of carbonyl (C=O) groups is 1. The van der Waals surface area contributed by atoms with Crippen molar-refractivity contribution >= 4 is 45.1 Å². The molecule has 4 nitrogen and oxygen atoms in total. The third-order valence-corrected chi connectivity index (χ3v) is 5.01. The van der Waals surface area contributed by atoms with Gasteiger partial charge in [-0.15, -0.1) is 0 Å². The van der Waals surface area contributed by atoms with Crippen LogP contribution in [0.1, 0.15) is 10.4 Å². The lowest BCUT2D eigenvalue weighted by atomic mass is 10.1. The van der Waals surface area contributed by atoms with Crippen LogP contribution in [0, 0.1) is 0 Å². The molecule has 0 spiro atoms. The Balaban J connectivity index is 1.48. The van der Waals surface area contributed by atoms with E-state index in [4.69, 9.17) is 21.0 Å². The molecular formula is C24H15ClN2O2. The Kier molecular flexibility index (Phi) is 4.26. The zero-order valence-corrected chi connectivity index (χ0v) is 16.0. The molecule has 5 rings (SSSR count). The Morgan fingerprint density at radius 2 is 1.72 bits per heavy atom. The second-order valence-electron chi connectivity index (χ2n) is 6.69. The quantitative estimate of drug-likeness (QED) is 0.374. The lowest BCUT2D eigenvalue weighted by Gasteiger charge is -2.06. The fourth-order valence-electron chi connectivity index (χ4n) is 3.32. The molecule has 140 valence electrons. The summed E-state index contributed by atoms with van der Waals surface area (Å²) in [4.78, 5) is 17.2. The van der Waals surface area contributed by atoms with Gasteiger partial charge in [0.1, 0.15) is 5.52 Å². The molecule has 1 aromatic heterocycles. The topological polar surface area (TPSA) is 55.1 Å². The number of fused-ring (bicyclic) bond motifs is 3. The number of hydrogen-bond donors (Lipinski definition) is 1. The van der Waals surface area contributed by atoms with E-state index in [0.717, 1.165) is 27.4 Å². The molecule has 0 aliphatic heterocycles. The number of nitrogens with one attached hydrogen (secondary N) is 1. The maximum Gasteiger partial charge on any atom is 0.255 e. The second kappa shape index (κ2) is 7.08. The zero-order valence-electron chi connectivity index (χ0n) is 15.2. The monoisotopic (exact) mass is 398 g/mol. The molecule has 0 aliphatic carbocycles. The number of benzene rings is 4. The van der Waals surface area contributed by atoms with Crippen molar-refractivity contribution in [2.45, 2.75) is 0 Å². The van der Waals surface area contributed by atoms with Crippen molar-refractivity contribution in [2.75, 3.05) is 5.32 Å². The van der Waals surface area contributed by atoms with E-state index in [0.29, 0.717) is 22.2 Å². The van der Waals surface area contributed by atoms with Crippen LogP contribution in [0.25, 0.3) is 33.3 Å². The molecule has 4 aromatic carbocycles. The summed E-state index contributed by atoms with van der Waals surface area (Å²) in [5, 5.41) is 5.65. The van der Waals surface area contributed by atoms with E-state index in [9.17, 15) is 4.79 Å². The van der Waals surface area contributed by atoms with Gasteiger partial charge in [-0.25, -0.2) is 4.98 Å². The van der Waals surface area contributed by atoms with Gasteiger partial charge in [0.25, 0.3) is 5.91 Å². The number of anilines is 1. The highest BCUT2D eigenvalue weighted by molar-refractivity contribution is 6.30. The fourth-order valence-corrected chi connectivity index (χ4v) is 3.45.